The van der Waals surface area contributed by atoms with Crippen molar-refractivity contribution >= 4 is 20.2 Å². The van der Waals surface area contributed by atoms with Crippen LogP contribution in [0.1, 0.15) is 31.9 Å². The summed E-state index contributed by atoms with van der Waals surface area (Å²) in [6.07, 6.45) is 3.38. The maximum Gasteiger partial charge on any atom is 1.00 e. The Hall–Kier alpha value is 0.0500. The zero-order valence-corrected chi connectivity index (χ0v) is 21.0. The van der Waals surface area contributed by atoms with Crippen LogP contribution in [0.3, 0.4) is 0 Å². The minimum atomic E-state index is -4.85. The predicted octanol–water partition coefficient (Wildman–Crippen LogP) is -4.60. The van der Waals surface area contributed by atoms with Crippen molar-refractivity contribution < 1.29 is 85.1 Å². The molecular weight excluding hydrogens is 418 g/mol. The standard InChI is InChI=1S/C14H18N2O7S2.2Na/c1-2-3-4-5-10-8-14(17)16(15-10)12-7-6-11(24(18,19)20)9-13(12)25(21,22)23;;/h6-9,15H,2-5H2,1H3,(H,18,19,20)(H,21,22,23);;/q;2*+1. The van der Waals surface area contributed by atoms with Gasteiger partial charge in [-0.2, -0.15) is 16.8 Å². The topological polar surface area (TPSA) is 147 Å². The summed E-state index contributed by atoms with van der Waals surface area (Å²) in [5.41, 5.74) is -0.226. The van der Waals surface area contributed by atoms with E-state index in [1.165, 1.54) is 6.07 Å². The van der Waals surface area contributed by atoms with E-state index in [-0.39, 0.29) is 64.8 Å². The fourth-order valence-corrected chi connectivity index (χ4v) is 3.64. The van der Waals surface area contributed by atoms with Crippen LogP contribution in [-0.2, 0) is 26.7 Å². The summed E-state index contributed by atoms with van der Waals surface area (Å²) in [6, 6.07) is 3.84. The van der Waals surface area contributed by atoms with Crippen molar-refractivity contribution in [1.29, 1.82) is 0 Å². The Bertz CT molecular complexity index is 1040. The molecule has 0 saturated heterocycles. The van der Waals surface area contributed by atoms with Crippen LogP contribution in [0, 0.1) is 0 Å². The second-order valence-corrected chi connectivity index (χ2v) is 8.30. The van der Waals surface area contributed by atoms with Crippen molar-refractivity contribution in [2.45, 2.75) is 42.4 Å². The third-order valence-corrected chi connectivity index (χ3v) is 5.30. The largest absolute Gasteiger partial charge is 1.00 e. The number of H-pyrrole nitrogens is 1. The molecule has 1 aromatic heterocycles. The van der Waals surface area contributed by atoms with Gasteiger partial charge in [-0.3, -0.25) is 19.0 Å². The number of unbranched alkanes of at least 4 members (excludes halogenated alkanes) is 2. The molecule has 9 nitrogen and oxygen atoms in total. The van der Waals surface area contributed by atoms with Crippen LogP contribution in [-0.4, -0.2) is 35.7 Å². The van der Waals surface area contributed by atoms with Gasteiger partial charge in [-0.25, -0.2) is 4.68 Å². The van der Waals surface area contributed by atoms with Crippen molar-refractivity contribution in [2.24, 2.45) is 0 Å². The van der Waals surface area contributed by atoms with E-state index in [2.05, 4.69) is 5.10 Å². The number of rotatable bonds is 7. The molecular formula is C14H18N2Na2O7S2+2. The molecule has 0 aliphatic heterocycles. The molecule has 0 fully saturated rings. The first-order valence-corrected chi connectivity index (χ1v) is 10.3. The summed E-state index contributed by atoms with van der Waals surface area (Å²) in [6.45, 7) is 2.03. The van der Waals surface area contributed by atoms with Gasteiger partial charge in [0.1, 0.15) is 4.90 Å². The number of hydrogen-bond donors (Lipinski definition) is 3. The number of benzene rings is 1. The molecule has 0 radical (unpaired) electrons. The van der Waals surface area contributed by atoms with Crippen molar-refractivity contribution in [2.75, 3.05) is 0 Å². The fourth-order valence-electron chi connectivity index (χ4n) is 2.36. The summed E-state index contributed by atoms with van der Waals surface area (Å²) in [7, 11) is -9.53. The molecule has 2 rings (SSSR count). The minimum Gasteiger partial charge on any atom is -0.295 e. The number of nitrogens with one attached hydrogen (secondary N) is 1. The van der Waals surface area contributed by atoms with Gasteiger partial charge < -0.3 is 0 Å². The quantitative estimate of drug-likeness (QED) is 0.225. The van der Waals surface area contributed by atoms with Crippen LogP contribution in [0.25, 0.3) is 5.69 Å². The zero-order valence-electron chi connectivity index (χ0n) is 15.3. The van der Waals surface area contributed by atoms with Gasteiger partial charge in [0.05, 0.1) is 10.6 Å². The van der Waals surface area contributed by atoms with Crippen molar-refractivity contribution in [3.05, 3.63) is 40.3 Å². The Morgan fingerprint density at radius 2 is 1.63 bits per heavy atom. The normalized spacial score (nSPS) is 11.5. The molecule has 0 aliphatic rings. The van der Waals surface area contributed by atoms with Gasteiger partial charge in [0, 0.05) is 11.8 Å². The molecule has 0 saturated carbocycles. The second-order valence-electron chi connectivity index (χ2n) is 5.49. The molecule has 0 unspecified atom stereocenters. The molecule has 138 valence electrons. The first kappa shape index (κ1) is 27.0. The molecule has 0 spiro atoms. The first-order chi connectivity index (χ1) is 11.5. The van der Waals surface area contributed by atoms with Gasteiger partial charge >= 0.3 is 59.1 Å². The fraction of sp³-hybridized carbons (Fsp3) is 0.357. The van der Waals surface area contributed by atoms with Crippen LogP contribution < -0.4 is 64.7 Å². The molecule has 13 heteroatoms. The van der Waals surface area contributed by atoms with Gasteiger partial charge in [-0.1, -0.05) is 19.8 Å². The number of hydrogen-bond acceptors (Lipinski definition) is 5. The maximum absolute atomic E-state index is 12.1. The van der Waals surface area contributed by atoms with Crippen LogP contribution in [0.15, 0.2) is 38.9 Å². The molecule has 0 aliphatic carbocycles. The van der Waals surface area contributed by atoms with Crippen LogP contribution in [0.4, 0.5) is 0 Å². The van der Waals surface area contributed by atoms with Gasteiger partial charge in [0.25, 0.3) is 25.8 Å². The Labute approximate surface area is 201 Å². The third kappa shape index (κ3) is 7.11. The Morgan fingerprint density at radius 1 is 1.00 bits per heavy atom. The van der Waals surface area contributed by atoms with E-state index in [0.29, 0.717) is 18.2 Å². The zero-order chi connectivity index (χ0) is 18.8. The number of aromatic amines is 1. The Balaban J connectivity index is 0.00000338. The van der Waals surface area contributed by atoms with E-state index < -0.39 is 35.6 Å². The van der Waals surface area contributed by atoms with Gasteiger partial charge in [0.15, 0.2) is 0 Å². The minimum absolute atomic E-state index is 0. The summed E-state index contributed by atoms with van der Waals surface area (Å²) in [5, 5.41) is 2.74. The van der Waals surface area contributed by atoms with E-state index in [0.717, 1.165) is 36.1 Å². The predicted molar refractivity (Wildman–Crippen MR) is 89.2 cm³/mol. The number of nitrogens with zero attached hydrogens (tertiary/aromatic N) is 1. The molecule has 0 atom stereocenters. The van der Waals surface area contributed by atoms with Gasteiger partial charge in [-0.15, -0.1) is 0 Å². The maximum atomic E-state index is 12.1. The average Bonchev–Trinajstić information content (AvgIpc) is 2.86. The Kier molecular flexibility index (Phi) is 10.7. The molecule has 2 aromatic rings. The van der Waals surface area contributed by atoms with E-state index in [4.69, 9.17) is 4.55 Å². The van der Waals surface area contributed by atoms with Crippen molar-refractivity contribution in [3.63, 3.8) is 0 Å². The summed E-state index contributed by atoms with van der Waals surface area (Å²) < 4.78 is 64.8. The number of aryl methyl sites for hydroxylation is 1. The summed E-state index contributed by atoms with van der Waals surface area (Å²) >= 11 is 0. The second kappa shape index (κ2) is 10.7. The number of aromatic nitrogens is 2. The van der Waals surface area contributed by atoms with E-state index in [1.807, 2.05) is 6.92 Å². The Morgan fingerprint density at radius 3 is 2.15 bits per heavy atom. The van der Waals surface area contributed by atoms with Crippen molar-refractivity contribution in [3.8, 4) is 5.69 Å². The van der Waals surface area contributed by atoms with Gasteiger partial charge in [0.2, 0.25) is 0 Å². The van der Waals surface area contributed by atoms with E-state index >= 15 is 0 Å². The monoisotopic (exact) mass is 436 g/mol. The van der Waals surface area contributed by atoms with E-state index in [9.17, 15) is 26.2 Å². The van der Waals surface area contributed by atoms with E-state index in [1.54, 1.807) is 0 Å². The summed E-state index contributed by atoms with van der Waals surface area (Å²) in [5.74, 6) is 0. The molecule has 3 N–H and O–H groups in total. The SMILES string of the molecule is CCCCCc1cc(=O)n(-c2ccc(S(=O)(=O)O)cc2S(=O)(=O)O)[nH]1.[Na+].[Na+]. The van der Waals surface area contributed by atoms with Crippen LogP contribution in [0.5, 0.6) is 0 Å². The molecule has 1 aromatic carbocycles. The third-order valence-electron chi connectivity index (χ3n) is 3.57. The van der Waals surface area contributed by atoms with Crippen molar-refractivity contribution in [1.82, 2.24) is 9.78 Å². The molecule has 27 heavy (non-hydrogen) atoms. The van der Waals surface area contributed by atoms with Crippen LogP contribution >= 0.6 is 0 Å². The van der Waals surface area contributed by atoms with Gasteiger partial charge in [-0.05, 0) is 31.0 Å². The first-order valence-electron chi connectivity index (χ1n) is 7.44. The molecule has 0 bridgehead atoms. The smallest absolute Gasteiger partial charge is 0.295 e. The summed E-state index contributed by atoms with van der Waals surface area (Å²) in [4.78, 5) is 10.6. The average molecular weight is 436 g/mol. The molecule has 0 amide bonds. The van der Waals surface area contributed by atoms with Crippen LogP contribution in [0.2, 0.25) is 0 Å². The molecule has 1 heterocycles.